The summed E-state index contributed by atoms with van der Waals surface area (Å²) in [4.78, 5) is 27.8. The van der Waals surface area contributed by atoms with Crippen LogP contribution in [0, 0.1) is 13.8 Å². The normalized spacial score (nSPS) is 10.0. The molecule has 1 amide bonds. The summed E-state index contributed by atoms with van der Waals surface area (Å²) in [7, 11) is 1.32. The van der Waals surface area contributed by atoms with Gasteiger partial charge in [-0.1, -0.05) is 6.07 Å². The number of aromatic nitrogens is 1. The van der Waals surface area contributed by atoms with E-state index in [1.165, 1.54) is 13.3 Å². The molecule has 0 radical (unpaired) electrons. The van der Waals surface area contributed by atoms with Crippen molar-refractivity contribution in [1.29, 1.82) is 0 Å². The molecule has 0 saturated heterocycles. The number of hydrogen-bond acceptors (Lipinski definition) is 4. The summed E-state index contributed by atoms with van der Waals surface area (Å²) >= 11 is 0. The second-order valence-electron chi connectivity index (χ2n) is 4.66. The Morgan fingerprint density at radius 1 is 1.10 bits per heavy atom. The Bertz CT molecular complexity index is 678. The number of carbonyl (C=O) groups excluding carboxylic acids is 2. The lowest BCUT2D eigenvalue weighted by Gasteiger charge is -2.10. The smallest absolute Gasteiger partial charge is 0.337 e. The number of pyridine rings is 1. The summed E-state index contributed by atoms with van der Waals surface area (Å²) in [6.07, 6.45) is 1.52. The largest absolute Gasteiger partial charge is 0.465 e. The predicted octanol–water partition coefficient (Wildman–Crippen LogP) is 2.74. The Balaban J connectivity index is 2.24. The quantitative estimate of drug-likeness (QED) is 0.880. The van der Waals surface area contributed by atoms with Crippen molar-refractivity contribution in [2.45, 2.75) is 13.8 Å². The number of nitrogens with one attached hydrogen (secondary N) is 1. The van der Waals surface area contributed by atoms with Crippen molar-refractivity contribution < 1.29 is 14.3 Å². The molecule has 1 aromatic heterocycles. The zero-order chi connectivity index (χ0) is 15.4. The highest BCUT2D eigenvalue weighted by atomic mass is 16.5. The number of carbonyl (C=O) groups is 2. The van der Waals surface area contributed by atoms with E-state index in [2.05, 4.69) is 15.0 Å². The van der Waals surface area contributed by atoms with Gasteiger partial charge in [0, 0.05) is 17.6 Å². The third-order valence-corrected chi connectivity index (χ3v) is 3.08. The molecule has 0 spiro atoms. The third-order valence-electron chi connectivity index (χ3n) is 3.08. The first-order valence-electron chi connectivity index (χ1n) is 6.44. The molecule has 21 heavy (non-hydrogen) atoms. The average molecular weight is 284 g/mol. The molecular weight excluding hydrogens is 268 g/mol. The van der Waals surface area contributed by atoms with Gasteiger partial charge in [-0.25, -0.2) is 4.79 Å². The lowest BCUT2D eigenvalue weighted by Crippen LogP contribution is -2.14. The standard InChI is InChI=1S/C16H16N2O3/c1-10-4-6-12(16(20)21-3)8-14(10)18-15(19)13-7-5-11(2)17-9-13/h4-9H,1-3H3,(H,18,19). The van der Waals surface area contributed by atoms with Crippen LogP contribution in [0.2, 0.25) is 0 Å². The van der Waals surface area contributed by atoms with E-state index in [1.807, 2.05) is 13.8 Å². The van der Waals surface area contributed by atoms with Crippen molar-refractivity contribution in [3.63, 3.8) is 0 Å². The van der Waals surface area contributed by atoms with Crippen LogP contribution in [-0.2, 0) is 4.74 Å². The molecule has 0 aliphatic heterocycles. The summed E-state index contributed by atoms with van der Waals surface area (Å²) in [6.45, 7) is 3.70. The average Bonchev–Trinajstić information content (AvgIpc) is 2.49. The zero-order valence-corrected chi connectivity index (χ0v) is 12.1. The summed E-state index contributed by atoms with van der Waals surface area (Å²) < 4.78 is 4.67. The molecule has 0 aliphatic carbocycles. The van der Waals surface area contributed by atoms with Crippen molar-refractivity contribution in [2.75, 3.05) is 12.4 Å². The Labute approximate surface area is 123 Å². The van der Waals surface area contributed by atoms with Crippen LogP contribution in [0.1, 0.15) is 32.0 Å². The van der Waals surface area contributed by atoms with Crippen molar-refractivity contribution >= 4 is 17.6 Å². The first-order valence-corrected chi connectivity index (χ1v) is 6.44. The number of nitrogens with zero attached hydrogens (tertiary/aromatic N) is 1. The first kappa shape index (κ1) is 14.7. The van der Waals surface area contributed by atoms with E-state index in [0.29, 0.717) is 16.8 Å². The van der Waals surface area contributed by atoms with Crippen LogP contribution in [0.4, 0.5) is 5.69 Å². The van der Waals surface area contributed by atoms with Crippen molar-refractivity contribution in [1.82, 2.24) is 4.98 Å². The molecule has 2 aromatic rings. The van der Waals surface area contributed by atoms with Crippen LogP contribution in [0.3, 0.4) is 0 Å². The van der Waals surface area contributed by atoms with E-state index < -0.39 is 5.97 Å². The second kappa shape index (κ2) is 6.17. The molecule has 1 N–H and O–H groups in total. The van der Waals surface area contributed by atoms with Crippen molar-refractivity contribution in [3.05, 3.63) is 58.9 Å². The fourth-order valence-corrected chi connectivity index (χ4v) is 1.80. The molecule has 1 heterocycles. The Morgan fingerprint density at radius 3 is 2.43 bits per heavy atom. The first-order chi connectivity index (χ1) is 10.0. The molecule has 0 atom stereocenters. The predicted molar refractivity (Wildman–Crippen MR) is 79.4 cm³/mol. The highest BCUT2D eigenvalue weighted by molar-refractivity contribution is 6.05. The number of methoxy groups -OCH3 is 1. The molecule has 0 bridgehead atoms. The molecular formula is C16H16N2O3. The SMILES string of the molecule is COC(=O)c1ccc(C)c(NC(=O)c2ccc(C)nc2)c1. The number of aryl methyl sites for hydroxylation is 2. The van der Waals surface area contributed by atoms with E-state index in [-0.39, 0.29) is 5.91 Å². The van der Waals surface area contributed by atoms with Crippen LogP contribution in [-0.4, -0.2) is 24.0 Å². The van der Waals surface area contributed by atoms with Gasteiger partial charge in [0.15, 0.2) is 0 Å². The molecule has 0 unspecified atom stereocenters. The number of amides is 1. The Kier molecular flexibility index (Phi) is 4.33. The van der Waals surface area contributed by atoms with E-state index in [9.17, 15) is 9.59 Å². The van der Waals surface area contributed by atoms with E-state index in [4.69, 9.17) is 0 Å². The maximum atomic E-state index is 12.2. The fourth-order valence-electron chi connectivity index (χ4n) is 1.80. The molecule has 0 aliphatic rings. The van der Waals surface area contributed by atoms with Crippen LogP contribution in [0.25, 0.3) is 0 Å². The summed E-state index contributed by atoms with van der Waals surface area (Å²) in [5.41, 5.74) is 3.12. The Morgan fingerprint density at radius 2 is 1.81 bits per heavy atom. The number of anilines is 1. The van der Waals surface area contributed by atoms with Gasteiger partial charge in [0.1, 0.15) is 0 Å². The van der Waals surface area contributed by atoms with E-state index in [0.717, 1.165) is 11.3 Å². The molecule has 1 aromatic carbocycles. The Hall–Kier alpha value is -2.69. The van der Waals surface area contributed by atoms with Crippen molar-refractivity contribution in [2.24, 2.45) is 0 Å². The topological polar surface area (TPSA) is 68.3 Å². The van der Waals surface area contributed by atoms with Crippen LogP contribution in [0.15, 0.2) is 36.5 Å². The fraction of sp³-hybridized carbons (Fsp3) is 0.188. The molecule has 0 saturated carbocycles. The minimum absolute atomic E-state index is 0.271. The number of rotatable bonds is 3. The van der Waals surface area contributed by atoms with Gasteiger partial charge >= 0.3 is 5.97 Å². The molecule has 2 rings (SSSR count). The lowest BCUT2D eigenvalue weighted by molar-refractivity contribution is 0.0600. The van der Waals surface area contributed by atoms with Gasteiger partial charge < -0.3 is 10.1 Å². The van der Waals surface area contributed by atoms with Gasteiger partial charge in [0.25, 0.3) is 5.91 Å². The van der Waals surface area contributed by atoms with Crippen LogP contribution < -0.4 is 5.32 Å². The number of esters is 1. The van der Waals surface area contributed by atoms with Crippen molar-refractivity contribution in [3.8, 4) is 0 Å². The van der Waals surface area contributed by atoms with Gasteiger partial charge in [-0.2, -0.15) is 0 Å². The third kappa shape index (κ3) is 3.45. The monoisotopic (exact) mass is 284 g/mol. The summed E-state index contributed by atoms with van der Waals surface area (Å²) in [5.74, 6) is -0.713. The molecule has 5 nitrogen and oxygen atoms in total. The molecule has 108 valence electrons. The minimum atomic E-state index is -0.442. The maximum absolute atomic E-state index is 12.2. The minimum Gasteiger partial charge on any atom is -0.465 e. The number of hydrogen-bond donors (Lipinski definition) is 1. The van der Waals surface area contributed by atoms with E-state index in [1.54, 1.807) is 30.3 Å². The highest BCUT2D eigenvalue weighted by Gasteiger charge is 2.11. The number of ether oxygens (including phenoxy) is 1. The summed E-state index contributed by atoms with van der Waals surface area (Å²) in [6, 6.07) is 8.49. The highest BCUT2D eigenvalue weighted by Crippen LogP contribution is 2.18. The van der Waals surface area contributed by atoms with Gasteiger partial charge in [-0.3, -0.25) is 9.78 Å². The maximum Gasteiger partial charge on any atom is 0.337 e. The van der Waals surface area contributed by atoms with Crippen LogP contribution >= 0.6 is 0 Å². The van der Waals surface area contributed by atoms with Gasteiger partial charge in [-0.15, -0.1) is 0 Å². The second-order valence-corrected chi connectivity index (χ2v) is 4.66. The van der Waals surface area contributed by atoms with Gasteiger partial charge in [0.05, 0.1) is 18.2 Å². The molecule has 5 heteroatoms. The number of benzene rings is 1. The van der Waals surface area contributed by atoms with Crippen LogP contribution in [0.5, 0.6) is 0 Å². The summed E-state index contributed by atoms with van der Waals surface area (Å²) in [5, 5.41) is 2.78. The lowest BCUT2D eigenvalue weighted by atomic mass is 10.1. The van der Waals surface area contributed by atoms with Gasteiger partial charge in [-0.05, 0) is 43.7 Å². The van der Waals surface area contributed by atoms with E-state index >= 15 is 0 Å². The molecule has 0 fully saturated rings. The van der Waals surface area contributed by atoms with Gasteiger partial charge in [0.2, 0.25) is 0 Å². The zero-order valence-electron chi connectivity index (χ0n) is 12.1.